The zero-order valence-electron chi connectivity index (χ0n) is 14.8. The van der Waals surface area contributed by atoms with Gasteiger partial charge in [-0.15, -0.1) is 0 Å². The molecule has 1 heterocycles. The van der Waals surface area contributed by atoms with Gasteiger partial charge in [-0.1, -0.05) is 12.1 Å². The minimum absolute atomic E-state index is 0.595. The van der Waals surface area contributed by atoms with Gasteiger partial charge < -0.3 is 9.64 Å². The Hall–Kier alpha value is -2.21. The summed E-state index contributed by atoms with van der Waals surface area (Å²) in [5.74, 6) is 0.840. The van der Waals surface area contributed by atoms with Gasteiger partial charge in [0.05, 0.1) is 12.7 Å². The maximum absolute atomic E-state index is 12.7. The lowest BCUT2D eigenvalue weighted by Gasteiger charge is -2.24. The number of halogens is 3. The highest BCUT2D eigenvalue weighted by Crippen LogP contribution is 2.29. The molecule has 0 radical (unpaired) electrons. The zero-order valence-corrected chi connectivity index (χ0v) is 14.8. The Bertz CT molecular complexity index is 698. The average Bonchev–Trinajstić information content (AvgIpc) is 2.87. The quantitative estimate of drug-likeness (QED) is 0.798. The van der Waals surface area contributed by atoms with Crippen LogP contribution >= 0.6 is 0 Å². The van der Waals surface area contributed by atoms with E-state index in [9.17, 15) is 13.2 Å². The molecule has 2 aromatic rings. The van der Waals surface area contributed by atoms with Crippen LogP contribution in [0, 0.1) is 0 Å². The summed E-state index contributed by atoms with van der Waals surface area (Å²) in [6, 6.07) is 13.5. The van der Waals surface area contributed by atoms with Gasteiger partial charge in [-0.25, -0.2) is 0 Å². The van der Waals surface area contributed by atoms with Gasteiger partial charge in [0.1, 0.15) is 5.75 Å². The van der Waals surface area contributed by atoms with E-state index in [1.165, 1.54) is 5.69 Å². The smallest absolute Gasteiger partial charge is 0.416 e. The minimum Gasteiger partial charge on any atom is -0.497 e. The van der Waals surface area contributed by atoms with Crippen LogP contribution in [0.1, 0.15) is 17.5 Å². The Morgan fingerprint density at radius 1 is 0.885 bits per heavy atom. The van der Waals surface area contributed by atoms with E-state index >= 15 is 0 Å². The molecule has 1 aliphatic heterocycles. The summed E-state index contributed by atoms with van der Waals surface area (Å²) in [7, 11) is 1.65. The third-order valence-corrected chi connectivity index (χ3v) is 4.71. The summed E-state index contributed by atoms with van der Waals surface area (Å²) in [6.07, 6.45) is -3.26. The maximum atomic E-state index is 12.7. The summed E-state index contributed by atoms with van der Waals surface area (Å²) in [6.45, 7) is 4.36. The van der Waals surface area contributed by atoms with E-state index in [4.69, 9.17) is 4.74 Å². The molecule has 0 amide bonds. The van der Waals surface area contributed by atoms with Gasteiger partial charge in [-0.05, 0) is 48.4 Å². The van der Waals surface area contributed by atoms with Crippen molar-refractivity contribution in [3.63, 3.8) is 0 Å². The highest BCUT2D eigenvalue weighted by molar-refractivity contribution is 5.49. The van der Waals surface area contributed by atoms with Crippen LogP contribution in [0.2, 0.25) is 0 Å². The average molecular weight is 364 g/mol. The molecule has 3 nitrogen and oxygen atoms in total. The molecular formula is C20H23F3N2O. The van der Waals surface area contributed by atoms with Crippen LogP contribution in [0.4, 0.5) is 18.9 Å². The predicted molar refractivity (Wildman–Crippen MR) is 96.5 cm³/mol. The van der Waals surface area contributed by atoms with E-state index < -0.39 is 11.7 Å². The summed E-state index contributed by atoms with van der Waals surface area (Å²) >= 11 is 0. The molecule has 6 heteroatoms. The summed E-state index contributed by atoms with van der Waals surface area (Å²) in [4.78, 5) is 4.64. The second-order valence-corrected chi connectivity index (χ2v) is 6.51. The number of ether oxygens (including phenoxy) is 1. The number of methoxy groups -OCH3 is 1. The lowest BCUT2D eigenvalue weighted by atomic mass is 10.1. The zero-order chi connectivity index (χ0) is 18.6. The lowest BCUT2D eigenvalue weighted by Crippen LogP contribution is -2.30. The van der Waals surface area contributed by atoms with E-state index in [1.807, 2.05) is 12.1 Å². The molecule has 140 valence electrons. The van der Waals surface area contributed by atoms with E-state index in [0.717, 1.165) is 56.0 Å². The molecule has 0 saturated carbocycles. The highest BCUT2D eigenvalue weighted by atomic mass is 19.4. The Labute approximate surface area is 152 Å². The molecule has 1 aliphatic rings. The van der Waals surface area contributed by atoms with Crippen molar-refractivity contribution in [3.8, 4) is 5.75 Å². The normalized spacial score (nSPS) is 16.4. The highest BCUT2D eigenvalue weighted by Gasteiger charge is 2.30. The Kier molecular flexibility index (Phi) is 5.71. The third-order valence-electron chi connectivity index (χ3n) is 4.71. The van der Waals surface area contributed by atoms with Crippen LogP contribution in [0.15, 0.2) is 48.5 Å². The van der Waals surface area contributed by atoms with E-state index in [0.29, 0.717) is 6.54 Å². The number of hydrogen-bond acceptors (Lipinski definition) is 3. The molecule has 0 bridgehead atoms. The summed E-state index contributed by atoms with van der Waals surface area (Å²) < 4.78 is 43.2. The van der Waals surface area contributed by atoms with Crippen molar-refractivity contribution in [1.29, 1.82) is 0 Å². The first kappa shape index (κ1) is 18.6. The van der Waals surface area contributed by atoms with E-state index in [1.54, 1.807) is 19.2 Å². The van der Waals surface area contributed by atoms with Crippen molar-refractivity contribution in [2.45, 2.75) is 19.1 Å². The van der Waals surface area contributed by atoms with Gasteiger partial charge in [-0.2, -0.15) is 13.2 Å². The number of nitrogens with zero attached hydrogens (tertiary/aromatic N) is 2. The number of anilines is 1. The molecule has 0 aliphatic carbocycles. The first-order valence-electron chi connectivity index (χ1n) is 8.73. The second kappa shape index (κ2) is 7.99. The third kappa shape index (κ3) is 4.69. The van der Waals surface area contributed by atoms with Crippen molar-refractivity contribution in [2.75, 3.05) is 38.2 Å². The molecule has 1 saturated heterocycles. The number of benzene rings is 2. The maximum Gasteiger partial charge on any atom is 0.416 e. The first-order chi connectivity index (χ1) is 12.5. The fraction of sp³-hybridized carbons (Fsp3) is 0.400. The number of rotatable bonds is 4. The molecular weight excluding hydrogens is 341 g/mol. The predicted octanol–water partition coefficient (Wildman–Crippen LogP) is 4.43. The number of hydrogen-bond donors (Lipinski definition) is 0. The van der Waals surface area contributed by atoms with Crippen LogP contribution < -0.4 is 9.64 Å². The number of alkyl halides is 3. The Balaban J connectivity index is 1.58. The van der Waals surface area contributed by atoms with Crippen molar-refractivity contribution in [3.05, 3.63) is 59.7 Å². The van der Waals surface area contributed by atoms with Crippen LogP contribution in [-0.4, -0.2) is 38.2 Å². The van der Waals surface area contributed by atoms with Gasteiger partial charge in [0.15, 0.2) is 0 Å². The van der Waals surface area contributed by atoms with E-state index in [2.05, 4.69) is 21.9 Å². The molecule has 2 aromatic carbocycles. The van der Waals surface area contributed by atoms with Crippen LogP contribution in [0.5, 0.6) is 5.75 Å². The molecule has 3 rings (SSSR count). The SMILES string of the molecule is COc1ccc(N2CCCN(Cc3ccc(C(F)(F)F)cc3)CC2)cc1. The van der Waals surface area contributed by atoms with Crippen LogP contribution in [-0.2, 0) is 12.7 Å². The standard InChI is InChI=1S/C20H23F3N2O/c1-26-19-9-7-18(8-10-19)25-12-2-11-24(13-14-25)15-16-3-5-17(6-4-16)20(21,22)23/h3-10H,2,11-15H2,1H3. The molecule has 26 heavy (non-hydrogen) atoms. The van der Waals surface area contributed by atoms with Gasteiger partial charge in [0, 0.05) is 38.4 Å². The van der Waals surface area contributed by atoms with Crippen LogP contribution in [0.25, 0.3) is 0 Å². The summed E-state index contributed by atoms with van der Waals surface area (Å²) in [5.41, 5.74) is 1.49. The minimum atomic E-state index is -4.28. The van der Waals surface area contributed by atoms with Crippen molar-refractivity contribution in [1.82, 2.24) is 4.90 Å². The Morgan fingerprint density at radius 3 is 2.19 bits per heavy atom. The fourth-order valence-electron chi connectivity index (χ4n) is 3.24. The lowest BCUT2D eigenvalue weighted by molar-refractivity contribution is -0.137. The van der Waals surface area contributed by atoms with Gasteiger partial charge >= 0.3 is 6.18 Å². The van der Waals surface area contributed by atoms with Crippen LogP contribution in [0.3, 0.4) is 0 Å². The molecule has 0 atom stereocenters. The van der Waals surface area contributed by atoms with Gasteiger partial charge in [-0.3, -0.25) is 4.90 Å². The molecule has 0 unspecified atom stereocenters. The van der Waals surface area contributed by atoms with Crippen molar-refractivity contribution >= 4 is 5.69 Å². The van der Waals surface area contributed by atoms with Gasteiger partial charge in [0.2, 0.25) is 0 Å². The first-order valence-corrected chi connectivity index (χ1v) is 8.73. The van der Waals surface area contributed by atoms with Gasteiger partial charge in [0.25, 0.3) is 0 Å². The second-order valence-electron chi connectivity index (χ2n) is 6.51. The molecule has 0 spiro atoms. The summed E-state index contributed by atoms with van der Waals surface area (Å²) in [5, 5.41) is 0. The fourth-order valence-corrected chi connectivity index (χ4v) is 3.24. The van der Waals surface area contributed by atoms with Crippen molar-refractivity contribution < 1.29 is 17.9 Å². The monoisotopic (exact) mass is 364 g/mol. The Morgan fingerprint density at radius 2 is 1.58 bits per heavy atom. The topological polar surface area (TPSA) is 15.7 Å². The largest absolute Gasteiger partial charge is 0.497 e. The molecule has 1 fully saturated rings. The molecule has 0 N–H and O–H groups in total. The molecule has 0 aromatic heterocycles. The van der Waals surface area contributed by atoms with E-state index in [-0.39, 0.29) is 0 Å². The van der Waals surface area contributed by atoms with Crippen molar-refractivity contribution in [2.24, 2.45) is 0 Å².